The van der Waals surface area contributed by atoms with Gasteiger partial charge in [0.15, 0.2) is 0 Å². The molecule has 0 saturated carbocycles. The first-order valence-corrected chi connectivity index (χ1v) is 5.73. The second-order valence-corrected chi connectivity index (χ2v) is 3.96. The van der Waals surface area contributed by atoms with E-state index in [2.05, 4.69) is 15.7 Å². The van der Waals surface area contributed by atoms with Gasteiger partial charge in [0.25, 0.3) is 5.91 Å². The smallest absolute Gasteiger partial charge is 0.251 e. The summed E-state index contributed by atoms with van der Waals surface area (Å²) >= 11 is 0. The number of anilines is 1. The summed E-state index contributed by atoms with van der Waals surface area (Å²) in [5.41, 5.74) is 2.64. The van der Waals surface area contributed by atoms with Crippen LogP contribution < -0.4 is 10.6 Å². The standard InChI is InChI=1S/C13H16N4O/c1-14-13(18)10-4-3-5-11(8-10)15-9-12-6-7-16-17(12)2/h3-8,15H,9H2,1-2H3,(H,14,18). The van der Waals surface area contributed by atoms with E-state index in [9.17, 15) is 4.79 Å². The molecule has 1 aromatic heterocycles. The van der Waals surface area contributed by atoms with E-state index in [1.807, 2.05) is 36.0 Å². The molecule has 5 heteroatoms. The zero-order valence-electron chi connectivity index (χ0n) is 10.5. The van der Waals surface area contributed by atoms with Crippen LogP contribution in [-0.4, -0.2) is 22.7 Å². The van der Waals surface area contributed by atoms with Gasteiger partial charge < -0.3 is 10.6 Å². The van der Waals surface area contributed by atoms with Crippen molar-refractivity contribution in [3.63, 3.8) is 0 Å². The third-order valence-corrected chi connectivity index (χ3v) is 2.75. The highest BCUT2D eigenvalue weighted by Crippen LogP contribution is 2.12. The average Bonchev–Trinajstić information content (AvgIpc) is 2.81. The lowest BCUT2D eigenvalue weighted by Crippen LogP contribution is -2.17. The summed E-state index contributed by atoms with van der Waals surface area (Å²) in [5, 5.41) is 9.97. The summed E-state index contributed by atoms with van der Waals surface area (Å²) in [6, 6.07) is 9.36. The summed E-state index contributed by atoms with van der Waals surface area (Å²) in [5.74, 6) is -0.0841. The van der Waals surface area contributed by atoms with Gasteiger partial charge in [0, 0.05) is 31.5 Å². The van der Waals surface area contributed by atoms with Crippen molar-refractivity contribution in [3.8, 4) is 0 Å². The van der Waals surface area contributed by atoms with Crippen LogP contribution in [0.5, 0.6) is 0 Å². The molecule has 0 aliphatic heterocycles. The van der Waals surface area contributed by atoms with E-state index < -0.39 is 0 Å². The molecule has 5 nitrogen and oxygen atoms in total. The molecule has 2 rings (SSSR count). The quantitative estimate of drug-likeness (QED) is 0.854. The predicted molar refractivity (Wildman–Crippen MR) is 70.4 cm³/mol. The number of hydrogen-bond acceptors (Lipinski definition) is 3. The van der Waals surface area contributed by atoms with Crippen LogP contribution in [0, 0.1) is 0 Å². The monoisotopic (exact) mass is 244 g/mol. The van der Waals surface area contributed by atoms with E-state index in [1.165, 1.54) is 0 Å². The number of carbonyl (C=O) groups excluding carboxylic acids is 1. The SMILES string of the molecule is CNC(=O)c1cccc(NCc2ccnn2C)c1. The van der Waals surface area contributed by atoms with Crippen LogP contribution in [0.15, 0.2) is 36.5 Å². The van der Waals surface area contributed by atoms with Gasteiger partial charge in [-0.05, 0) is 24.3 Å². The molecule has 1 heterocycles. The average molecular weight is 244 g/mol. The fraction of sp³-hybridized carbons (Fsp3) is 0.231. The van der Waals surface area contributed by atoms with E-state index in [0.29, 0.717) is 12.1 Å². The molecule has 2 N–H and O–H groups in total. The second-order valence-electron chi connectivity index (χ2n) is 3.96. The number of aromatic nitrogens is 2. The van der Waals surface area contributed by atoms with Crippen molar-refractivity contribution in [2.45, 2.75) is 6.54 Å². The Bertz CT molecular complexity index is 547. The van der Waals surface area contributed by atoms with Gasteiger partial charge in [-0.3, -0.25) is 9.48 Å². The Hall–Kier alpha value is -2.30. The maximum atomic E-state index is 11.5. The van der Waals surface area contributed by atoms with Crippen LogP contribution in [0.1, 0.15) is 16.1 Å². The maximum absolute atomic E-state index is 11.5. The highest BCUT2D eigenvalue weighted by atomic mass is 16.1. The molecule has 0 bridgehead atoms. The van der Waals surface area contributed by atoms with E-state index in [0.717, 1.165) is 11.4 Å². The normalized spacial score (nSPS) is 10.1. The molecule has 18 heavy (non-hydrogen) atoms. The van der Waals surface area contributed by atoms with Gasteiger partial charge in [-0.2, -0.15) is 5.10 Å². The highest BCUT2D eigenvalue weighted by Gasteiger charge is 2.04. The van der Waals surface area contributed by atoms with Crippen molar-refractivity contribution in [1.82, 2.24) is 15.1 Å². The molecule has 0 fully saturated rings. The van der Waals surface area contributed by atoms with Crippen LogP contribution >= 0.6 is 0 Å². The van der Waals surface area contributed by atoms with Crippen LogP contribution in [0.3, 0.4) is 0 Å². The van der Waals surface area contributed by atoms with Crippen molar-refractivity contribution in [3.05, 3.63) is 47.8 Å². The van der Waals surface area contributed by atoms with E-state index in [1.54, 1.807) is 19.3 Å². The summed E-state index contributed by atoms with van der Waals surface area (Å²) < 4.78 is 1.82. The molecule has 1 aromatic carbocycles. The van der Waals surface area contributed by atoms with E-state index >= 15 is 0 Å². The first-order chi connectivity index (χ1) is 8.70. The van der Waals surface area contributed by atoms with E-state index in [4.69, 9.17) is 0 Å². The van der Waals surface area contributed by atoms with Crippen molar-refractivity contribution < 1.29 is 4.79 Å². The van der Waals surface area contributed by atoms with Gasteiger partial charge in [-0.15, -0.1) is 0 Å². The van der Waals surface area contributed by atoms with Crippen molar-refractivity contribution in [1.29, 1.82) is 0 Å². The summed E-state index contributed by atoms with van der Waals surface area (Å²) in [7, 11) is 3.52. The predicted octanol–water partition coefficient (Wildman–Crippen LogP) is 1.39. The Morgan fingerprint density at radius 1 is 1.39 bits per heavy atom. The third-order valence-electron chi connectivity index (χ3n) is 2.75. The molecule has 1 amide bonds. The number of benzene rings is 1. The number of amides is 1. The molecule has 2 aromatic rings. The number of hydrogen-bond donors (Lipinski definition) is 2. The zero-order chi connectivity index (χ0) is 13.0. The Morgan fingerprint density at radius 2 is 2.22 bits per heavy atom. The molecule has 0 saturated heterocycles. The maximum Gasteiger partial charge on any atom is 0.251 e. The number of carbonyl (C=O) groups is 1. The minimum atomic E-state index is -0.0841. The molecule has 0 radical (unpaired) electrons. The van der Waals surface area contributed by atoms with Crippen molar-refractivity contribution in [2.75, 3.05) is 12.4 Å². The molecule has 0 atom stereocenters. The van der Waals surface area contributed by atoms with Crippen LogP contribution in [0.25, 0.3) is 0 Å². The number of nitrogens with zero attached hydrogens (tertiary/aromatic N) is 2. The van der Waals surface area contributed by atoms with Crippen LogP contribution in [-0.2, 0) is 13.6 Å². The third kappa shape index (κ3) is 2.68. The molecule has 0 aliphatic carbocycles. The van der Waals surface area contributed by atoms with Gasteiger partial charge in [-0.25, -0.2) is 0 Å². The Balaban J connectivity index is 2.06. The Kier molecular flexibility index (Phi) is 3.62. The summed E-state index contributed by atoms with van der Waals surface area (Å²) in [6.07, 6.45) is 1.76. The van der Waals surface area contributed by atoms with E-state index in [-0.39, 0.29) is 5.91 Å². The first-order valence-electron chi connectivity index (χ1n) is 5.73. The molecule has 0 aliphatic rings. The number of aryl methyl sites for hydroxylation is 1. The van der Waals surface area contributed by atoms with Crippen LogP contribution in [0.2, 0.25) is 0 Å². The Labute approximate surface area is 106 Å². The fourth-order valence-electron chi connectivity index (χ4n) is 1.68. The Morgan fingerprint density at radius 3 is 2.89 bits per heavy atom. The number of nitrogens with one attached hydrogen (secondary N) is 2. The van der Waals surface area contributed by atoms with Gasteiger partial charge in [0.2, 0.25) is 0 Å². The fourth-order valence-corrected chi connectivity index (χ4v) is 1.68. The lowest BCUT2D eigenvalue weighted by molar-refractivity contribution is 0.0963. The molecule has 0 spiro atoms. The topological polar surface area (TPSA) is 59.0 Å². The molecule has 94 valence electrons. The molecular formula is C13H16N4O. The van der Waals surface area contributed by atoms with Gasteiger partial charge >= 0.3 is 0 Å². The highest BCUT2D eigenvalue weighted by molar-refractivity contribution is 5.94. The lowest BCUT2D eigenvalue weighted by atomic mass is 10.2. The largest absolute Gasteiger partial charge is 0.379 e. The molecular weight excluding hydrogens is 228 g/mol. The summed E-state index contributed by atoms with van der Waals surface area (Å²) in [4.78, 5) is 11.5. The summed E-state index contributed by atoms with van der Waals surface area (Å²) in [6.45, 7) is 0.674. The first kappa shape index (κ1) is 12.2. The lowest BCUT2D eigenvalue weighted by Gasteiger charge is -2.08. The van der Waals surface area contributed by atoms with Crippen LogP contribution in [0.4, 0.5) is 5.69 Å². The second kappa shape index (κ2) is 5.35. The number of rotatable bonds is 4. The van der Waals surface area contributed by atoms with Gasteiger partial charge in [-0.1, -0.05) is 6.07 Å². The minimum Gasteiger partial charge on any atom is -0.379 e. The molecule has 0 unspecified atom stereocenters. The minimum absolute atomic E-state index is 0.0841. The van der Waals surface area contributed by atoms with Gasteiger partial charge in [0.1, 0.15) is 0 Å². The van der Waals surface area contributed by atoms with Crippen molar-refractivity contribution in [2.24, 2.45) is 7.05 Å². The van der Waals surface area contributed by atoms with Gasteiger partial charge in [0.05, 0.1) is 12.2 Å². The zero-order valence-corrected chi connectivity index (χ0v) is 10.5. The van der Waals surface area contributed by atoms with Crippen molar-refractivity contribution >= 4 is 11.6 Å².